The largest absolute Gasteiger partial charge is 0.505 e. The van der Waals surface area contributed by atoms with Crippen molar-refractivity contribution in [2.45, 2.75) is 38.8 Å². The van der Waals surface area contributed by atoms with E-state index in [1.54, 1.807) is 6.07 Å². The smallest absolute Gasteiger partial charge is 0.165 e. The minimum Gasteiger partial charge on any atom is -0.505 e. The Bertz CT molecular complexity index is 363. The molecule has 3 heteroatoms. The molecule has 2 nitrogen and oxygen atoms in total. The van der Waals surface area contributed by atoms with Crippen LogP contribution in [-0.2, 0) is 6.54 Å². The molecule has 0 heterocycles. The van der Waals surface area contributed by atoms with Gasteiger partial charge in [0.05, 0.1) is 0 Å². The van der Waals surface area contributed by atoms with Crippen LogP contribution >= 0.6 is 0 Å². The Kier molecular flexibility index (Phi) is 3.44. The van der Waals surface area contributed by atoms with Crippen LogP contribution in [0.4, 0.5) is 4.39 Å². The van der Waals surface area contributed by atoms with Crippen molar-refractivity contribution in [1.29, 1.82) is 0 Å². The molecule has 0 aliphatic heterocycles. The lowest BCUT2D eigenvalue weighted by molar-refractivity contribution is 0.240. The second-order valence-corrected chi connectivity index (χ2v) is 4.65. The Morgan fingerprint density at radius 3 is 2.81 bits per heavy atom. The number of phenolic OH excluding ortho intramolecular Hbond substituents is 1. The molecule has 2 rings (SSSR count). The number of rotatable bonds is 4. The number of hydrogen-bond acceptors (Lipinski definition) is 2. The number of nitrogens with one attached hydrogen (secondary N) is 1. The molecule has 1 atom stereocenters. The molecule has 1 saturated carbocycles. The minimum atomic E-state index is -0.546. The molecule has 0 radical (unpaired) electrons. The number of halogens is 1. The zero-order valence-electron chi connectivity index (χ0n) is 9.54. The van der Waals surface area contributed by atoms with E-state index in [1.165, 1.54) is 31.4 Å². The maximum absolute atomic E-state index is 13.1. The Morgan fingerprint density at radius 2 is 2.25 bits per heavy atom. The van der Waals surface area contributed by atoms with E-state index in [0.717, 1.165) is 11.5 Å². The summed E-state index contributed by atoms with van der Waals surface area (Å²) >= 11 is 0. The number of aromatic hydroxyl groups is 1. The van der Waals surface area contributed by atoms with Gasteiger partial charge in [0, 0.05) is 12.6 Å². The second-order valence-electron chi connectivity index (χ2n) is 4.65. The highest BCUT2D eigenvalue weighted by atomic mass is 19.1. The molecule has 1 aromatic carbocycles. The first kappa shape index (κ1) is 11.4. The Morgan fingerprint density at radius 1 is 1.50 bits per heavy atom. The van der Waals surface area contributed by atoms with Crippen molar-refractivity contribution >= 4 is 0 Å². The van der Waals surface area contributed by atoms with Gasteiger partial charge in [0.25, 0.3) is 0 Å². The van der Waals surface area contributed by atoms with E-state index < -0.39 is 5.82 Å². The quantitative estimate of drug-likeness (QED) is 0.822. The standard InChI is InChI=1S/C13H18FNO/c1-9(11-3-2-4-11)15-8-10-5-6-13(16)12(14)7-10/h5-7,9,11,15-16H,2-4,8H2,1H3. The first-order valence-electron chi connectivity index (χ1n) is 5.87. The minimum absolute atomic E-state index is 0.282. The second kappa shape index (κ2) is 4.83. The molecule has 1 aromatic rings. The number of benzene rings is 1. The molecule has 0 spiro atoms. The van der Waals surface area contributed by atoms with Gasteiger partial charge in [-0.25, -0.2) is 4.39 Å². The van der Waals surface area contributed by atoms with Crippen molar-refractivity contribution in [1.82, 2.24) is 5.32 Å². The molecular formula is C13H18FNO. The molecule has 0 bridgehead atoms. The molecule has 88 valence electrons. The van der Waals surface area contributed by atoms with Crippen LogP contribution in [0.1, 0.15) is 31.7 Å². The molecule has 1 fully saturated rings. The molecule has 0 aromatic heterocycles. The zero-order valence-corrected chi connectivity index (χ0v) is 9.54. The third-order valence-electron chi connectivity index (χ3n) is 3.50. The summed E-state index contributed by atoms with van der Waals surface area (Å²) in [5.41, 5.74) is 0.876. The highest BCUT2D eigenvalue weighted by Crippen LogP contribution is 2.29. The lowest BCUT2D eigenvalue weighted by atomic mass is 9.80. The van der Waals surface area contributed by atoms with E-state index in [-0.39, 0.29) is 5.75 Å². The van der Waals surface area contributed by atoms with Crippen molar-refractivity contribution in [3.05, 3.63) is 29.6 Å². The lowest BCUT2D eigenvalue weighted by Gasteiger charge is -2.32. The Balaban J connectivity index is 1.86. The average molecular weight is 223 g/mol. The fourth-order valence-electron chi connectivity index (χ4n) is 2.05. The van der Waals surface area contributed by atoms with Gasteiger partial charge in [-0.3, -0.25) is 0 Å². The summed E-state index contributed by atoms with van der Waals surface area (Å²) in [6.45, 7) is 2.84. The maximum Gasteiger partial charge on any atom is 0.165 e. The van der Waals surface area contributed by atoms with Crippen LogP contribution in [0.5, 0.6) is 5.75 Å². The monoisotopic (exact) mass is 223 g/mol. The zero-order chi connectivity index (χ0) is 11.5. The Hall–Kier alpha value is -1.09. The van der Waals surface area contributed by atoms with Crippen LogP contribution in [0.3, 0.4) is 0 Å². The van der Waals surface area contributed by atoms with Gasteiger partial charge in [-0.1, -0.05) is 12.5 Å². The topological polar surface area (TPSA) is 32.3 Å². The molecule has 1 aliphatic carbocycles. The fourth-order valence-corrected chi connectivity index (χ4v) is 2.05. The number of hydrogen-bond donors (Lipinski definition) is 2. The lowest BCUT2D eigenvalue weighted by Crippen LogP contribution is -2.36. The average Bonchev–Trinajstić information content (AvgIpc) is 2.17. The summed E-state index contributed by atoms with van der Waals surface area (Å²) in [4.78, 5) is 0. The molecule has 2 N–H and O–H groups in total. The fraction of sp³-hybridized carbons (Fsp3) is 0.538. The van der Waals surface area contributed by atoms with Crippen molar-refractivity contribution in [3.63, 3.8) is 0 Å². The van der Waals surface area contributed by atoms with Crippen molar-refractivity contribution < 1.29 is 9.50 Å². The highest BCUT2D eigenvalue weighted by Gasteiger charge is 2.23. The third kappa shape index (κ3) is 2.53. The van der Waals surface area contributed by atoms with Crippen LogP contribution in [0, 0.1) is 11.7 Å². The van der Waals surface area contributed by atoms with E-state index in [1.807, 2.05) is 0 Å². The Labute approximate surface area is 95.5 Å². The van der Waals surface area contributed by atoms with Crippen LogP contribution in [0.15, 0.2) is 18.2 Å². The van der Waals surface area contributed by atoms with Gasteiger partial charge in [0.15, 0.2) is 11.6 Å². The van der Waals surface area contributed by atoms with Gasteiger partial charge < -0.3 is 10.4 Å². The van der Waals surface area contributed by atoms with Gasteiger partial charge >= 0.3 is 0 Å². The van der Waals surface area contributed by atoms with E-state index in [4.69, 9.17) is 5.11 Å². The number of phenols is 1. The third-order valence-corrected chi connectivity index (χ3v) is 3.50. The first-order chi connectivity index (χ1) is 7.66. The van der Waals surface area contributed by atoms with E-state index in [9.17, 15) is 4.39 Å². The van der Waals surface area contributed by atoms with Gasteiger partial charge in [-0.05, 0) is 43.4 Å². The molecule has 0 saturated heterocycles. The van der Waals surface area contributed by atoms with E-state index in [2.05, 4.69) is 12.2 Å². The summed E-state index contributed by atoms with van der Waals surface area (Å²) in [7, 11) is 0. The van der Waals surface area contributed by atoms with Crippen LogP contribution in [0.2, 0.25) is 0 Å². The normalized spacial score (nSPS) is 18.1. The van der Waals surface area contributed by atoms with Gasteiger partial charge in [0.2, 0.25) is 0 Å². The van der Waals surface area contributed by atoms with E-state index >= 15 is 0 Å². The van der Waals surface area contributed by atoms with Crippen molar-refractivity contribution in [2.24, 2.45) is 5.92 Å². The summed E-state index contributed by atoms with van der Waals surface area (Å²) < 4.78 is 13.1. The van der Waals surface area contributed by atoms with E-state index in [0.29, 0.717) is 12.6 Å². The maximum atomic E-state index is 13.1. The predicted octanol–water partition coefficient (Wildman–Crippen LogP) is 2.81. The highest BCUT2D eigenvalue weighted by molar-refractivity contribution is 5.27. The molecule has 1 unspecified atom stereocenters. The first-order valence-corrected chi connectivity index (χ1v) is 5.87. The van der Waals surface area contributed by atoms with Gasteiger partial charge in [-0.15, -0.1) is 0 Å². The summed E-state index contributed by atoms with van der Waals surface area (Å²) in [6.07, 6.45) is 3.95. The molecule has 16 heavy (non-hydrogen) atoms. The SMILES string of the molecule is CC(NCc1ccc(O)c(F)c1)C1CCC1. The molecular weight excluding hydrogens is 205 g/mol. The summed E-state index contributed by atoms with van der Waals surface area (Å²) in [5, 5.41) is 12.5. The van der Waals surface area contributed by atoms with Crippen molar-refractivity contribution in [2.75, 3.05) is 0 Å². The molecule has 0 amide bonds. The van der Waals surface area contributed by atoms with Crippen LogP contribution in [-0.4, -0.2) is 11.1 Å². The van der Waals surface area contributed by atoms with Crippen molar-refractivity contribution in [3.8, 4) is 5.75 Å². The van der Waals surface area contributed by atoms with Crippen LogP contribution in [0.25, 0.3) is 0 Å². The van der Waals surface area contributed by atoms with Crippen LogP contribution < -0.4 is 5.32 Å². The van der Waals surface area contributed by atoms with Gasteiger partial charge in [-0.2, -0.15) is 0 Å². The molecule has 1 aliphatic rings. The summed E-state index contributed by atoms with van der Waals surface area (Å²) in [5.74, 6) is -0.0478. The van der Waals surface area contributed by atoms with Gasteiger partial charge in [0.1, 0.15) is 0 Å². The summed E-state index contributed by atoms with van der Waals surface area (Å²) in [6, 6.07) is 5.03. The predicted molar refractivity (Wildman–Crippen MR) is 61.7 cm³/mol.